The molecule has 1 aromatic carbocycles. The van der Waals surface area contributed by atoms with Crippen LogP contribution in [0.4, 0.5) is 0 Å². The van der Waals surface area contributed by atoms with E-state index in [1.165, 1.54) is 38.4 Å². The van der Waals surface area contributed by atoms with Gasteiger partial charge in [0.1, 0.15) is 0 Å². The van der Waals surface area contributed by atoms with Gasteiger partial charge in [0.15, 0.2) is 0 Å². The van der Waals surface area contributed by atoms with Crippen LogP contribution in [-0.4, -0.2) is 19.6 Å². The first-order valence-electron chi connectivity index (χ1n) is 7.53. The van der Waals surface area contributed by atoms with E-state index in [0.717, 1.165) is 18.7 Å². The predicted octanol–water partition coefficient (Wildman–Crippen LogP) is 3.07. The molecule has 0 aliphatic heterocycles. The van der Waals surface area contributed by atoms with E-state index in [0.29, 0.717) is 11.8 Å². The molecule has 0 radical (unpaired) electrons. The summed E-state index contributed by atoms with van der Waals surface area (Å²) in [5.74, 6) is -0.179. The molecule has 1 aliphatic rings. The van der Waals surface area contributed by atoms with E-state index >= 15 is 0 Å². The molecular formula is C17H25NO2. The summed E-state index contributed by atoms with van der Waals surface area (Å²) in [6, 6.07) is 8.09. The fraction of sp³-hybridized carbons (Fsp3) is 0.588. The van der Waals surface area contributed by atoms with Crippen LogP contribution in [0, 0.1) is 5.41 Å². The Hall–Kier alpha value is -1.35. The minimum atomic E-state index is -0.179. The summed E-state index contributed by atoms with van der Waals surface area (Å²) in [6.07, 6.45) is 5.66. The Kier molecular flexibility index (Phi) is 5.18. The van der Waals surface area contributed by atoms with Crippen LogP contribution in [0.3, 0.4) is 0 Å². The molecule has 0 atom stereocenters. The van der Waals surface area contributed by atoms with Crippen LogP contribution in [0.15, 0.2) is 24.3 Å². The Morgan fingerprint density at radius 3 is 2.60 bits per heavy atom. The second-order valence-electron chi connectivity index (χ2n) is 5.88. The van der Waals surface area contributed by atoms with E-state index in [9.17, 15) is 4.79 Å². The Bertz CT molecular complexity index is 452. The number of ether oxygens (including phenoxy) is 1. The Balaban J connectivity index is 1.87. The maximum Gasteiger partial charge on any atom is 0.309 e. The first-order valence-corrected chi connectivity index (χ1v) is 7.53. The summed E-state index contributed by atoms with van der Waals surface area (Å²) in [4.78, 5) is 11.4. The highest BCUT2D eigenvalue weighted by molar-refractivity contribution is 5.72. The van der Waals surface area contributed by atoms with Crippen LogP contribution in [0.25, 0.3) is 0 Å². The minimum Gasteiger partial charge on any atom is -0.469 e. The van der Waals surface area contributed by atoms with Gasteiger partial charge in [-0.15, -0.1) is 0 Å². The van der Waals surface area contributed by atoms with Crippen LogP contribution in [0.2, 0.25) is 0 Å². The van der Waals surface area contributed by atoms with E-state index < -0.39 is 0 Å². The lowest BCUT2D eigenvalue weighted by Gasteiger charge is -2.16. The lowest BCUT2D eigenvalue weighted by atomic mass is 10.00. The quantitative estimate of drug-likeness (QED) is 0.741. The van der Waals surface area contributed by atoms with Crippen molar-refractivity contribution in [3.8, 4) is 0 Å². The van der Waals surface area contributed by atoms with Crippen molar-refractivity contribution in [3.05, 3.63) is 35.4 Å². The van der Waals surface area contributed by atoms with Gasteiger partial charge in [-0.1, -0.05) is 37.6 Å². The zero-order valence-electron chi connectivity index (χ0n) is 12.6. The molecule has 3 heteroatoms. The molecule has 0 unspecified atom stereocenters. The number of rotatable bonds is 8. The average Bonchev–Trinajstić information content (AvgIpc) is 3.21. The van der Waals surface area contributed by atoms with Crippen LogP contribution >= 0.6 is 0 Å². The molecule has 0 saturated heterocycles. The highest BCUT2D eigenvalue weighted by Gasteiger charge is 2.40. The molecule has 0 amide bonds. The normalized spacial score (nSPS) is 15.9. The third kappa shape index (κ3) is 4.07. The molecule has 3 nitrogen and oxygen atoms in total. The van der Waals surface area contributed by atoms with Crippen molar-refractivity contribution in [1.82, 2.24) is 5.32 Å². The molecule has 0 spiro atoms. The SMILES string of the molecule is CCCC1(CNCc2ccccc2CC(=O)OC)CC1. The van der Waals surface area contributed by atoms with Crippen LogP contribution in [0.5, 0.6) is 0 Å². The van der Waals surface area contributed by atoms with Crippen LogP contribution in [0.1, 0.15) is 43.7 Å². The van der Waals surface area contributed by atoms with Gasteiger partial charge >= 0.3 is 5.97 Å². The van der Waals surface area contributed by atoms with Gasteiger partial charge < -0.3 is 10.1 Å². The Labute approximate surface area is 121 Å². The van der Waals surface area contributed by atoms with Crippen molar-refractivity contribution < 1.29 is 9.53 Å². The van der Waals surface area contributed by atoms with Gasteiger partial charge in [0.05, 0.1) is 13.5 Å². The Morgan fingerprint density at radius 2 is 2.00 bits per heavy atom. The van der Waals surface area contributed by atoms with E-state index in [2.05, 4.69) is 18.3 Å². The van der Waals surface area contributed by atoms with Gasteiger partial charge in [0.25, 0.3) is 0 Å². The first kappa shape index (κ1) is 15.0. The topological polar surface area (TPSA) is 38.3 Å². The summed E-state index contributed by atoms with van der Waals surface area (Å²) in [5, 5.41) is 3.57. The molecule has 20 heavy (non-hydrogen) atoms. The maximum absolute atomic E-state index is 11.4. The Morgan fingerprint density at radius 1 is 1.30 bits per heavy atom. The number of methoxy groups -OCH3 is 1. The highest BCUT2D eigenvalue weighted by Crippen LogP contribution is 2.48. The number of hydrogen-bond acceptors (Lipinski definition) is 3. The van der Waals surface area contributed by atoms with Crippen molar-refractivity contribution in [3.63, 3.8) is 0 Å². The molecule has 1 N–H and O–H groups in total. The second kappa shape index (κ2) is 6.89. The number of carbonyl (C=O) groups excluding carboxylic acids is 1. The molecule has 0 aromatic heterocycles. The smallest absolute Gasteiger partial charge is 0.309 e. The highest BCUT2D eigenvalue weighted by atomic mass is 16.5. The number of carbonyl (C=O) groups is 1. The van der Waals surface area contributed by atoms with Crippen molar-refractivity contribution in [2.75, 3.05) is 13.7 Å². The molecule has 0 bridgehead atoms. The molecule has 1 aromatic rings. The standard InChI is InChI=1S/C17H25NO2/c1-3-8-17(9-10-17)13-18-12-15-7-5-4-6-14(15)11-16(19)20-2/h4-7,18H,3,8-13H2,1-2H3. The fourth-order valence-corrected chi connectivity index (χ4v) is 2.81. The maximum atomic E-state index is 11.4. The summed E-state index contributed by atoms with van der Waals surface area (Å²) in [5.41, 5.74) is 2.82. The van der Waals surface area contributed by atoms with Crippen molar-refractivity contribution in [2.24, 2.45) is 5.41 Å². The first-order chi connectivity index (χ1) is 9.69. The summed E-state index contributed by atoms with van der Waals surface area (Å²) in [7, 11) is 1.44. The number of esters is 1. The van der Waals surface area contributed by atoms with Gasteiger partial charge in [0, 0.05) is 13.1 Å². The molecule has 1 fully saturated rings. The molecule has 2 rings (SSSR count). The molecule has 110 valence electrons. The third-order valence-corrected chi connectivity index (χ3v) is 4.23. The van der Waals surface area contributed by atoms with Crippen molar-refractivity contribution in [1.29, 1.82) is 0 Å². The van der Waals surface area contributed by atoms with Gasteiger partial charge in [-0.25, -0.2) is 0 Å². The zero-order chi connectivity index (χ0) is 14.4. The molecule has 1 aliphatic carbocycles. The van der Waals surface area contributed by atoms with E-state index in [1.54, 1.807) is 0 Å². The van der Waals surface area contributed by atoms with Gasteiger partial charge in [-0.2, -0.15) is 0 Å². The van der Waals surface area contributed by atoms with Crippen LogP contribution in [-0.2, 0) is 22.5 Å². The molecule has 0 heterocycles. The fourth-order valence-electron chi connectivity index (χ4n) is 2.81. The summed E-state index contributed by atoms with van der Waals surface area (Å²) in [6.45, 7) is 4.18. The largest absolute Gasteiger partial charge is 0.469 e. The van der Waals surface area contributed by atoms with Crippen molar-refractivity contribution in [2.45, 2.75) is 45.6 Å². The van der Waals surface area contributed by atoms with E-state index in [1.807, 2.05) is 18.2 Å². The van der Waals surface area contributed by atoms with Crippen LogP contribution < -0.4 is 5.32 Å². The molecule has 1 saturated carbocycles. The lowest BCUT2D eigenvalue weighted by molar-refractivity contribution is -0.139. The number of benzene rings is 1. The van der Waals surface area contributed by atoms with E-state index in [4.69, 9.17) is 4.74 Å². The van der Waals surface area contributed by atoms with Gasteiger partial charge in [-0.05, 0) is 35.8 Å². The zero-order valence-corrected chi connectivity index (χ0v) is 12.6. The summed E-state index contributed by atoms with van der Waals surface area (Å²) < 4.78 is 4.75. The van der Waals surface area contributed by atoms with Gasteiger partial charge in [-0.3, -0.25) is 4.79 Å². The number of hydrogen-bond donors (Lipinski definition) is 1. The van der Waals surface area contributed by atoms with E-state index in [-0.39, 0.29) is 5.97 Å². The predicted molar refractivity (Wildman–Crippen MR) is 80.4 cm³/mol. The monoisotopic (exact) mass is 275 g/mol. The lowest BCUT2D eigenvalue weighted by Crippen LogP contribution is -2.24. The minimum absolute atomic E-state index is 0.179. The number of nitrogens with one attached hydrogen (secondary N) is 1. The van der Waals surface area contributed by atoms with Crippen molar-refractivity contribution >= 4 is 5.97 Å². The third-order valence-electron chi connectivity index (χ3n) is 4.23. The van der Waals surface area contributed by atoms with Gasteiger partial charge in [0.2, 0.25) is 0 Å². The summed E-state index contributed by atoms with van der Waals surface area (Å²) >= 11 is 0. The second-order valence-corrected chi connectivity index (χ2v) is 5.88. The average molecular weight is 275 g/mol. The molecular weight excluding hydrogens is 250 g/mol.